The maximum absolute atomic E-state index is 15.1. The van der Waals surface area contributed by atoms with Gasteiger partial charge in [0.15, 0.2) is 11.3 Å². The van der Waals surface area contributed by atoms with Crippen molar-refractivity contribution < 1.29 is 28.3 Å². The summed E-state index contributed by atoms with van der Waals surface area (Å²) in [6.07, 6.45) is 8.28. The molecule has 3 amide bonds. The highest BCUT2D eigenvalue weighted by atomic mass is 35.5. The van der Waals surface area contributed by atoms with E-state index in [0.29, 0.717) is 148 Å². The minimum absolute atomic E-state index is 0.0174. The topological polar surface area (TPSA) is 302 Å². The molecule has 680 valence electrons. The molecule has 32 heteroatoms. The third-order valence-corrected chi connectivity index (χ3v) is 25.4. The van der Waals surface area contributed by atoms with Crippen molar-refractivity contribution in [2.75, 3.05) is 85.0 Å². The van der Waals surface area contributed by atoms with E-state index in [4.69, 9.17) is 60.5 Å². The minimum atomic E-state index is -0.528. The summed E-state index contributed by atoms with van der Waals surface area (Å²) in [5.41, 5.74) is 15.7. The van der Waals surface area contributed by atoms with Crippen molar-refractivity contribution in [1.82, 2.24) is 73.3 Å². The van der Waals surface area contributed by atoms with Gasteiger partial charge in [-0.25, -0.2) is 57.4 Å². The number of aryl methyl sites for hydroxylation is 3. The zero-order valence-corrected chi connectivity index (χ0v) is 78.5. The van der Waals surface area contributed by atoms with Gasteiger partial charge in [0.25, 0.3) is 5.56 Å². The van der Waals surface area contributed by atoms with Gasteiger partial charge in [0.2, 0.25) is 17.7 Å². The first-order valence-corrected chi connectivity index (χ1v) is 45.0. The number of fused-ring (bicyclic) bond motifs is 3. The van der Waals surface area contributed by atoms with Gasteiger partial charge in [-0.3, -0.25) is 28.7 Å². The maximum Gasteiger partial charge on any atom is 0.355 e. The Morgan fingerprint density at radius 3 is 1.37 bits per heavy atom. The summed E-state index contributed by atoms with van der Waals surface area (Å²) >= 11 is 20.6. The molecule has 27 nitrogen and oxygen atoms in total. The van der Waals surface area contributed by atoms with E-state index in [-0.39, 0.29) is 121 Å². The highest BCUT2D eigenvalue weighted by Gasteiger charge is 2.39. The smallest absolute Gasteiger partial charge is 0.355 e. The minimum Gasteiger partial charge on any atom is -0.508 e. The van der Waals surface area contributed by atoms with Crippen molar-refractivity contribution in [3.63, 3.8) is 0 Å². The fourth-order valence-corrected chi connectivity index (χ4v) is 18.5. The molecule has 4 atom stereocenters. The summed E-state index contributed by atoms with van der Waals surface area (Å²) in [5, 5.41) is 12.8. The molecule has 3 aromatic carbocycles. The predicted molar refractivity (Wildman–Crippen MR) is 518 cm³/mol. The molecule has 131 heavy (non-hydrogen) atoms. The van der Waals surface area contributed by atoms with Crippen LogP contribution in [0.1, 0.15) is 158 Å². The van der Waals surface area contributed by atoms with Crippen LogP contribution in [0.4, 0.5) is 31.9 Å². The number of halogens is 5. The van der Waals surface area contributed by atoms with E-state index in [9.17, 15) is 33.9 Å². The Morgan fingerprint density at radius 2 is 0.916 bits per heavy atom. The number of hydrogen-bond acceptors (Lipinski definition) is 21. The first-order valence-electron chi connectivity index (χ1n) is 43.8. The summed E-state index contributed by atoms with van der Waals surface area (Å²) < 4.78 is 34.6. The van der Waals surface area contributed by atoms with Crippen molar-refractivity contribution in [3.8, 4) is 56.6 Å². The molecule has 9 aromatic heterocycles. The molecule has 0 aliphatic carbocycles. The number of carbonyl (C=O) groups is 3. The van der Waals surface area contributed by atoms with Gasteiger partial charge in [-0.1, -0.05) is 147 Å². The number of amides is 3. The first kappa shape index (κ1) is 94.0. The Kier molecular flexibility index (Phi) is 27.6. The Morgan fingerprint density at radius 1 is 0.473 bits per heavy atom. The quantitative estimate of drug-likeness (QED) is 0.0754. The second-order valence-electron chi connectivity index (χ2n) is 35.0. The summed E-state index contributed by atoms with van der Waals surface area (Å²) in [4.78, 5) is 137. The molecular weight excluding hydrogens is 1730 g/mol. The van der Waals surface area contributed by atoms with Crippen molar-refractivity contribution >= 4 is 114 Å². The van der Waals surface area contributed by atoms with Crippen molar-refractivity contribution in [2.45, 2.75) is 158 Å². The summed E-state index contributed by atoms with van der Waals surface area (Å²) in [6, 6.07) is 25.9. The van der Waals surface area contributed by atoms with E-state index in [2.05, 4.69) is 56.1 Å². The molecule has 0 bridgehead atoms. The molecule has 16 rings (SSSR count). The molecule has 4 aliphatic heterocycles. The monoisotopic (exact) mass is 1830 g/mol. The van der Waals surface area contributed by atoms with Gasteiger partial charge >= 0.3 is 11.4 Å². The van der Waals surface area contributed by atoms with E-state index in [1.165, 1.54) is 50.4 Å². The number of anilines is 4. The van der Waals surface area contributed by atoms with E-state index < -0.39 is 28.6 Å². The highest BCUT2D eigenvalue weighted by molar-refractivity contribution is 6.35. The molecule has 13 heterocycles. The van der Waals surface area contributed by atoms with Gasteiger partial charge in [0.05, 0.1) is 94.0 Å². The largest absolute Gasteiger partial charge is 0.508 e. The van der Waals surface area contributed by atoms with Crippen LogP contribution in [0.5, 0.6) is 5.75 Å². The van der Waals surface area contributed by atoms with E-state index >= 15 is 8.78 Å². The molecule has 3 N–H and O–H groups in total. The fraction of sp³-hybridized carbons (Fsp3) is 0.343. The number of pyridine rings is 6. The molecule has 0 radical (unpaired) electrons. The number of hydrogen-bond donors (Lipinski definition) is 2. The number of nitrogens with zero attached hydrogens (tertiary/aromatic N) is 19. The lowest BCUT2D eigenvalue weighted by atomic mass is 10.0. The maximum atomic E-state index is 15.1. The Hall–Kier alpha value is -13.1. The average molecular weight is 1830 g/mol. The van der Waals surface area contributed by atoms with Gasteiger partial charge in [0.1, 0.15) is 46.8 Å². The Balaban J connectivity index is 0.000000158. The molecular formula is C99H107Cl3F2N20O7. The third kappa shape index (κ3) is 18.1. The number of rotatable bonds is 18. The van der Waals surface area contributed by atoms with E-state index in [0.717, 1.165) is 47.7 Å². The second kappa shape index (κ2) is 38.5. The van der Waals surface area contributed by atoms with Crippen LogP contribution in [0.3, 0.4) is 0 Å². The number of phenols is 1. The number of carbonyl (C=O) groups excluding carboxylic acids is 3. The molecule has 4 aliphatic rings. The number of aromatic hydroxyl groups is 1. The zero-order valence-electron chi connectivity index (χ0n) is 76.2. The standard InChI is InChI=1S/C34H37ClFN7O2.C33H38ClN7O3.C32H32ClFN6O2/c1-7-28(44)41-17-22(6)42(18-21(41)5)32-24-16-25(35)30(23-11-8-9-12-26(23)36)38-33(24)43(34(45)39-32)31-20(4)15-27(40-13-10-14-40)37-29(31)19(2)3;1-9-26(43)39-14-21(8)40(15-20(39)7)31-24-13-25(34)29(23-12-22(42)11-10-19(23)6)37-32(24)41(33(44)38-31)30-27(17(2)3)35-16-36-28(30)18(4)5;1-6-25(41)38-13-15-39(16-14-38)30-22-17-23(33)28(21-9-7-8-10-24(21)34)37-31(22)40(32(42)26(30)20(5)35)29-19(4)11-12-36-27(29)18(2)3/h7-9,11-12,15-16,19,21-22H,1,10,13-14,17-18H2,2-6H3;9-13,16-18,20-21,42H,1,14-15H2,2-8H3;6-12,17-18H,1,5,13-16,35H2,2-4H3. The van der Waals surface area contributed by atoms with Crippen LogP contribution in [0.25, 0.3) is 89.6 Å². The van der Waals surface area contributed by atoms with Crippen LogP contribution in [0.15, 0.2) is 169 Å². The predicted octanol–water partition coefficient (Wildman–Crippen LogP) is 17.1. The van der Waals surface area contributed by atoms with Crippen LogP contribution < -0.4 is 42.3 Å². The van der Waals surface area contributed by atoms with Gasteiger partial charge in [-0.05, 0) is 180 Å². The summed E-state index contributed by atoms with van der Waals surface area (Å²) in [7, 11) is 0. The number of nitrogens with two attached hydrogens (primary N) is 1. The van der Waals surface area contributed by atoms with Gasteiger partial charge in [-0.15, -0.1) is 0 Å². The molecule has 12 aromatic rings. The summed E-state index contributed by atoms with van der Waals surface area (Å²) in [5.74, 6) is 0.308. The lowest BCUT2D eigenvalue weighted by molar-refractivity contribution is -0.129. The molecule has 0 spiro atoms. The lowest BCUT2D eigenvalue weighted by Crippen LogP contribution is -2.58. The molecule has 0 saturated carbocycles. The third-order valence-electron chi connectivity index (χ3n) is 24.5. The molecule has 4 saturated heterocycles. The Bertz CT molecular complexity index is 6780. The van der Waals surface area contributed by atoms with Gasteiger partial charge in [-0.2, -0.15) is 9.97 Å². The van der Waals surface area contributed by atoms with Crippen molar-refractivity contribution in [3.05, 3.63) is 257 Å². The Labute approximate surface area is 774 Å². The van der Waals surface area contributed by atoms with E-state index in [1.54, 1.807) is 93.7 Å². The normalized spacial score (nSPS) is 16.4. The van der Waals surface area contributed by atoms with E-state index in [1.807, 2.05) is 131 Å². The number of benzene rings is 3. The summed E-state index contributed by atoms with van der Waals surface area (Å²) in [6.45, 7) is 49.9. The van der Waals surface area contributed by atoms with Gasteiger partial charge in [0, 0.05) is 124 Å². The van der Waals surface area contributed by atoms with Crippen LogP contribution >= 0.6 is 34.8 Å². The zero-order chi connectivity index (χ0) is 94.5. The van der Waals surface area contributed by atoms with Crippen molar-refractivity contribution in [1.29, 1.82) is 0 Å². The number of phenolic OH excluding ortho intramolecular Hbond substituents is 1. The highest BCUT2D eigenvalue weighted by Crippen LogP contribution is 2.44. The molecule has 4 fully saturated rings. The van der Waals surface area contributed by atoms with Crippen LogP contribution in [0, 0.1) is 32.4 Å². The SMILES string of the molecule is C=CC(=O)N1CC(C)N(c2nc(=O)n(-c3c(C(C)C)ncnc3C(C)C)c3nc(-c4cc(O)ccc4C)c(Cl)cc23)CC1C.C=CC(=O)N1CC(C)N(c2nc(=O)n(-c3c(C)cc(N4CCC4)nc3C(C)C)c3nc(-c4ccccc4F)c(Cl)cc23)CC1C.C=CC(=O)N1CCN(c2c(C(=C)N)c(=O)n(-c3c(C)ccnc3C(C)C)c3nc(-c4ccccc4F)c(Cl)cc23)CC1. The first-order chi connectivity index (χ1) is 62.4. The molecule has 4 unspecified atom stereocenters. The van der Waals surface area contributed by atoms with Crippen LogP contribution in [-0.2, 0) is 14.4 Å². The number of aromatic nitrogens is 12. The van der Waals surface area contributed by atoms with Crippen LogP contribution in [-0.4, -0.2) is 186 Å². The second-order valence-corrected chi connectivity index (χ2v) is 36.2. The van der Waals surface area contributed by atoms with Gasteiger partial charge < -0.3 is 45.1 Å². The van der Waals surface area contributed by atoms with Crippen LogP contribution in [0.2, 0.25) is 15.1 Å². The number of piperazine rings is 3. The lowest BCUT2D eigenvalue weighted by Gasteiger charge is -2.44. The van der Waals surface area contributed by atoms with Crippen molar-refractivity contribution in [2.24, 2.45) is 5.73 Å². The average Bonchev–Trinajstić information content (AvgIpc) is 0.731. The fourth-order valence-electron chi connectivity index (χ4n) is 17.7.